The predicted molar refractivity (Wildman–Crippen MR) is 70.1 cm³/mol. The molecule has 1 aromatic heterocycles. The van der Waals surface area contributed by atoms with E-state index in [9.17, 15) is 0 Å². The summed E-state index contributed by atoms with van der Waals surface area (Å²) in [6.07, 6.45) is 7.96. The predicted octanol–water partition coefficient (Wildman–Crippen LogP) is 1.69. The largest absolute Gasteiger partial charge is 0.353 e. The third-order valence-electron chi connectivity index (χ3n) is 3.32. The zero-order valence-electron chi connectivity index (χ0n) is 10.8. The highest BCUT2D eigenvalue weighted by molar-refractivity contribution is 5.36. The van der Waals surface area contributed by atoms with Crippen LogP contribution in [0.2, 0.25) is 0 Å². The molecular weight excluding hydrogens is 212 g/mol. The Balaban J connectivity index is 2.02. The first-order valence-corrected chi connectivity index (χ1v) is 6.50. The molecule has 1 aliphatic rings. The molecule has 0 spiro atoms. The van der Waals surface area contributed by atoms with Crippen molar-refractivity contribution in [2.45, 2.75) is 32.7 Å². The van der Waals surface area contributed by atoms with Crippen molar-refractivity contribution in [1.82, 2.24) is 15.3 Å². The van der Waals surface area contributed by atoms with Gasteiger partial charge in [-0.2, -0.15) is 0 Å². The third kappa shape index (κ3) is 3.40. The summed E-state index contributed by atoms with van der Waals surface area (Å²) in [5.41, 5.74) is 0. The van der Waals surface area contributed by atoms with E-state index in [1.165, 1.54) is 19.4 Å². The van der Waals surface area contributed by atoms with E-state index < -0.39 is 0 Å². The van der Waals surface area contributed by atoms with Gasteiger partial charge in [-0.15, -0.1) is 0 Å². The molecule has 1 unspecified atom stereocenters. The average molecular weight is 234 g/mol. The van der Waals surface area contributed by atoms with Gasteiger partial charge in [0.15, 0.2) is 0 Å². The number of aromatic nitrogens is 2. The van der Waals surface area contributed by atoms with Crippen LogP contribution in [0.1, 0.15) is 26.7 Å². The first-order valence-electron chi connectivity index (χ1n) is 6.50. The maximum Gasteiger partial charge on any atom is 0.147 e. The molecule has 1 saturated heterocycles. The molecule has 1 fully saturated rings. The van der Waals surface area contributed by atoms with Gasteiger partial charge in [0.25, 0.3) is 0 Å². The minimum atomic E-state index is 0.466. The molecule has 4 heteroatoms. The summed E-state index contributed by atoms with van der Waals surface area (Å²) in [6, 6.07) is 0.466. The summed E-state index contributed by atoms with van der Waals surface area (Å²) in [7, 11) is 0. The number of anilines is 1. The van der Waals surface area contributed by atoms with Crippen molar-refractivity contribution in [2.24, 2.45) is 5.92 Å². The summed E-state index contributed by atoms with van der Waals surface area (Å²) in [5.74, 6) is 1.72. The maximum absolute atomic E-state index is 4.41. The highest BCUT2D eigenvalue weighted by atomic mass is 15.2. The van der Waals surface area contributed by atoms with Crippen molar-refractivity contribution in [3.63, 3.8) is 0 Å². The van der Waals surface area contributed by atoms with Crippen molar-refractivity contribution >= 4 is 5.82 Å². The fourth-order valence-corrected chi connectivity index (χ4v) is 2.37. The van der Waals surface area contributed by atoms with Crippen molar-refractivity contribution in [3.8, 4) is 0 Å². The zero-order chi connectivity index (χ0) is 12.1. The van der Waals surface area contributed by atoms with Crippen molar-refractivity contribution in [1.29, 1.82) is 0 Å². The summed E-state index contributed by atoms with van der Waals surface area (Å²) in [4.78, 5) is 10.9. The summed E-state index contributed by atoms with van der Waals surface area (Å²) in [6.45, 7) is 7.80. The highest BCUT2D eigenvalue weighted by Crippen LogP contribution is 2.18. The molecule has 1 aliphatic heterocycles. The third-order valence-corrected chi connectivity index (χ3v) is 3.32. The van der Waals surface area contributed by atoms with Gasteiger partial charge in [-0.1, -0.05) is 0 Å². The van der Waals surface area contributed by atoms with Gasteiger partial charge in [0.1, 0.15) is 5.82 Å². The van der Waals surface area contributed by atoms with Crippen LogP contribution in [0.4, 0.5) is 5.82 Å². The molecule has 1 atom stereocenters. The molecule has 1 aromatic rings. The van der Waals surface area contributed by atoms with Crippen LogP contribution in [0.3, 0.4) is 0 Å². The second-order valence-electron chi connectivity index (χ2n) is 5.02. The van der Waals surface area contributed by atoms with E-state index in [2.05, 4.69) is 34.0 Å². The molecule has 1 N–H and O–H groups in total. The molecule has 0 radical (unpaired) electrons. The average Bonchev–Trinajstić information content (AvgIpc) is 2.38. The van der Waals surface area contributed by atoms with Gasteiger partial charge in [-0.25, -0.2) is 4.98 Å². The smallest absolute Gasteiger partial charge is 0.147 e. The number of hydrogen-bond acceptors (Lipinski definition) is 4. The first kappa shape index (κ1) is 12.3. The van der Waals surface area contributed by atoms with E-state index >= 15 is 0 Å². The Labute approximate surface area is 103 Å². The second kappa shape index (κ2) is 5.96. The lowest BCUT2D eigenvalue weighted by Crippen LogP contribution is -2.41. The number of nitrogens with one attached hydrogen (secondary N) is 1. The Morgan fingerprint density at radius 2 is 2.35 bits per heavy atom. The summed E-state index contributed by atoms with van der Waals surface area (Å²) >= 11 is 0. The summed E-state index contributed by atoms with van der Waals surface area (Å²) in [5, 5.41) is 3.47. The Hall–Kier alpha value is -1.16. The number of rotatable bonds is 4. The van der Waals surface area contributed by atoms with Gasteiger partial charge in [0, 0.05) is 25.0 Å². The summed E-state index contributed by atoms with van der Waals surface area (Å²) < 4.78 is 0. The van der Waals surface area contributed by atoms with Gasteiger partial charge in [0.2, 0.25) is 0 Å². The molecule has 2 heterocycles. The lowest BCUT2D eigenvalue weighted by Gasteiger charge is -2.33. The highest BCUT2D eigenvalue weighted by Gasteiger charge is 2.19. The minimum absolute atomic E-state index is 0.466. The van der Waals surface area contributed by atoms with Crippen LogP contribution in [0, 0.1) is 5.92 Å². The van der Waals surface area contributed by atoms with Gasteiger partial charge in [-0.3, -0.25) is 4.98 Å². The van der Waals surface area contributed by atoms with Crippen LogP contribution < -0.4 is 10.2 Å². The quantitative estimate of drug-likeness (QED) is 0.861. The van der Waals surface area contributed by atoms with Crippen LogP contribution in [0.5, 0.6) is 0 Å². The fraction of sp³-hybridized carbons (Fsp3) is 0.692. The molecule has 0 aliphatic carbocycles. The minimum Gasteiger partial charge on any atom is -0.353 e. The second-order valence-corrected chi connectivity index (χ2v) is 5.02. The van der Waals surface area contributed by atoms with E-state index in [0.29, 0.717) is 6.04 Å². The normalized spacial score (nSPS) is 20.5. The first-order chi connectivity index (χ1) is 8.27. The van der Waals surface area contributed by atoms with E-state index in [1.54, 1.807) is 12.4 Å². The standard InChI is InChI=1S/C13H22N4/c1-11(2)17(13-9-15-6-7-16-13)10-12-4-3-5-14-8-12/h6-7,9,11-12,14H,3-5,8,10H2,1-2H3. The Kier molecular flexibility index (Phi) is 4.31. The van der Waals surface area contributed by atoms with Gasteiger partial charge < -0.3 is 10.2 Å². The molecule has 94 valence electrons. The van der Waals surface area contributed by atoms with Gasteiger partial charge >= 0.3 is 0 Å². The van der Waals surface area contributed by atoms with Crippen LogP contribution in [-0.4, -0.2) is 35.6 Å². The monoisotopic (exact) mass is 234 g/mol. The molecule has 0 aromatic carbocycles. The molecule has 0 amide bonds. The Morgan fingerprint density at radius 3 is 2.94 bits per heavy atom. The van der Waals surface area contributed by atoms with E-state index in [1.807, 2.05) is 6.20 Å². The van der Waals surface area contributed by atoms with Gasteiger partial charge in [-0.05, 0) is 45.7 Å². The van der Waals surface area contributed by atoms with Crippen molar-refractivity contribution < 1.29 is 0 Å². The SMILES string of the molecule is CC(C)N(CC1CCCNC1)c1cnccn1. The van der Waals surface area contributed by atoms with E-state index in [4.69, 9.17) is 0 Å². The zero-order valence-corrected chi connectivity index (χ0v) is 10.8. The van der Waals surface area contributed by atoms with Crippen molar-refractivity contribution in [3.05, 3.63) is 18.6 Å². The Morgan fingerprint density at radius 1 is 1.47 bits per heavy atom. The fourth-order valence-electron chi connectivity index (χ4n) is 2.37. The molecule has 2 rings (SSSR count). The van der Waals surface area contributed by atoms with Gasteiger partial charge in [0.05, 0.1) is 6.20 Å². The number of nitrogens with zero attached hydrogens (tertiary/aromatic N) is 3. The lowest BCUT2D eigenvalue weighted by atomic mass is 9.98. The molecule has 0 saturated carbocycles. The van der Waals surface area contributed by atoms with Crippen molar-refractivity contribution in [2.75, 3.05) is 24.5 Å². The maximum atomic E-state index is 4.41. The Bertz CT molecular complexity index is 319. The van der Waals surface area contributed by atoms with Crippen LogP contribution in [0.25, 0.3) is 0 Å². The van der Waals surface area contributed by atoms with Crippen LogP contribution in [0.15, 0.2) is 18.6 Å². The number of piperidine rings is 1. The number of hydrogen-bond donors (Lipinski definition) is 1. The molecule has 4 nitrogen and oxygen atoms in total. The van der Waals surface area contributed by atoms with E-state index in [-0.39, 0.29) is 0 Å². The van der Waals surface area contributed by atoms with Crippen LogP contribution >= 0.6 is 0 Å². The topological polar surface area (TPSA) is 41.0 Å². The van der Waals surface area contributed by atoms with E-state index in [0.717, 1.165) is 24.8 Å². The molecular formula is C13H22N4. The molecule has 0 bridgehead atoms. The lowest BCUT2D eigenvalue weighted by molar-refractivity contribution is 0.370. The molecule has 17 heavy (non-hydrogen) atoms. The van der Waals surface area contributed by atoms with Crippen LogP contribution in [-0.2, 0) is 0 Å².